The highest BCUT2D eigenvalue weighted by Gasteiger charge is 2.26. The lowest BCUT2D eigenvalue weighted by molar-refractivity contribution is 0.0395. The second-order valence-electron chi connectivity index (χ2n) is 4.09. The van der Waals surface area contributed by atoms with Crippen molar-refractivity contribution in [3.05, 3.63) is 21.9 Å². The van der Waals surface area contributed by atoms with Crippen molar-refractivity contribution in [1.82, 2.24) is 5.43 Å². The molecule has 3 nitrogen and oxygen atoms in total. The van der Waals surface area contributed by atoms with E-state index in [0.717, 1.165) is 19.6 Å². The Balaban J connectivity index is 2.12. The first-order valence-electron chi connectivity index (χ1n) is 5.41. The van der Waals surface area contributed by atoms with Gasteiger partial charge in [0.05, 0.1) is 12.6 Å². The first-order chi connectivity index (χ1) is 7.33. The van der Waals surface area contributed by atoms with E-state index in [-0.39, 0.29) is 6.04 Å². The smallest absolute Gasteiger partial charge is 0.0606 e. The van der Waals surface area contributed by atoms with E-state index in [1.165, 1.54) is 16.9 Å². The predicted molar refractivity (Wildman–Crippen MR) is 62.7 cm³/mol. The SMILES string of the molecule is Cc1ccsc1C(NN)C1CCCOC1. The fourth-order valence-corrected chi connectivity index (χ4v) is 3.24. The van der Waals surface area contributed by atoms with E-state index >= 15 is 0 Å². The minimum Gasteiger partial charge on any atom is -0.381 e. The van der Waals surface area contributed by atoms with Crippen molar-refractivity contribution < 1.29 is 4.74 Å². The number of thiophene rings is 1. The lowest BCUT2D eigenvalue weighted by Crippen LogP contribution is -2.37. The molecule has 4 heteroatoms. The summed E-state index contributed by atoms with van der Waals surface area (Å²) in [5, 5.41) is 2.12. The number of aryl methyl sites for hydroxylation is 1. The molecule has 0 radical (unpaired) electrons. The highest BCUT2D eigenvalue weighted by atomic mass is 32.1. The Labute approximate surface area is 94.6 Å². The Morgan fingerprint density at radius 3 is 3.07 bits per heavy atom. The molecule has 3 N–H and O–H groups in total. The first-order valence-corrected chi connectivity index (χ1v) is 6.28. The Morgan fingerprint density at radius 2 is 2.53 bits per heavy atom. The van der Waals surface area contributed by atoms with E-state index in [1.54, 1.807) is 11.3 Å². The molecule has 2 heterocycles. The predicted octanol–water partition coefficient (Wildman–Crippen LogP) is 1.99. The van der Waals surface area contributed by atoms with E-state index in [2.05, 4.69) is 23.8 Å². The lowest BCUT2D eigenvalue weighted by atomic mass is 9.92. The topological polar surface area (TPSA) is 47.3 Å². The van der Waals surface area contributed by atoms with Gasteiger partial charge in [0.2, 0.25) is 0 Å². The molecule has 1 saturated heterocycles. The molecule has 2 rings (SSSR count). The zero-order chi connectivity index (χ0) is 10.7. The molecule has 0 bridgehead atoms. The minimum absolute atomic E-state index is 0.255. The van der Waals surface area contributed by atoms with Crippen LogP contribution in [0.15, 0.2) is 11.4 Å². The molecule has 84 valence electrons. The second kappa shape index (κ2) is 5.07. The van der Waals surface area contributed by atoms with Crippen LogP contribution < -0.4 is 11.3 Å². The molecular weight excluding hydrogens is 208 g/mol. The first kappa shape index (κ1) is 11.1. The molecule has 2 atom stereocenters. The van der Waals surface area contributed by atoms with Gasteiger partial charge in [0.15, 0.2) is 0 Å². The van der Waals surface area contributed by atoms with Gasteiger partial charge in [-0.05, 0) is 36.8 Å². The highest BCUT2D eigenvalue weighted by Crippen LogP contribution is 2.33. The molecule has 1 aromatic heterocycles. The molecule has 0 spiro atoms. The fraction of sp³-hybridized carbons (Fsp3) is 0.636. The van der Waals surface area contributed by atoms with Crippen LogP contribution in [0, 0.1) is 12.8 Å². The maximum absolute atomic E-state index is 5.66. The number of hydrogen-bond donors (Lipinski definition) is 2. The number of rotatable bonds is 3. The van der Waals surface area contributed by atoms with Crippen molar-refractivity contribution in [3.63, 3.8) is 0 Å². The normalized spacial score (nSPS) is 24.0. The maximum Gasteiger partial charge on any atom is 0.0606 e. The molecule has 0 aromatic carbocycles. The monoisotopic (exact) mass is 226 g/mol. The third kappa shape index (κ3) is 2.39. The average Bonchev–Trinajstić information content (AvgIpc) is 2.68. The lowest BCUT2D eigenvalue weighted by Gasteiger charge is -2.29. The summed E-state index contributed by atoms with van der Waals surface area (Å²) in [6, 6.07) is 2.40. The van der Waals surface area contributed by atoms with Gasteiger partial charge in [0.25, 0.3) is 0 Å². The van der Waals surface area contributed by atoms with Crippen LogP contribution in [0.2, 0.25) is 0 Å². The molecule has 1 fully saturated rings. The van der Waals surface area contributed by atoms with Crippen LogP contribution in [0.25, 0.3) is 0 Å². The Kier molecular flexibility index (Phi) is 3.75. The zero-order valence-corrected chi connectivity index (χ0v) is 9.85. The van der Waals surface area contributed by atoms with E-state index in [1.807, 2.05) is 0 Å². The summed E-state index contributed by atoms with van der Waals surface area (Å²) in [5.41, 5.74) is 4.27. The average molecular weight is 226 g/mol. The van der Waals surface area contributed by atoms with Crippen molar-refractivity contribution in [2.75, 3.05) is 13.2 Å². The van der Waals surface area contributed by atoms with E-state index < -0.39 is 0 Å². The summed E-state index contributed by atoms with van der Waals surface area (Å²) < 4.78 is 5.51. The van der Waals surface area contributed by atoms with Gasteiger partial charge in [-0.15, -0.1) is 11.3 Å². The van der Waals surface area contributed by atoms with Crippen LogP contribution in [0.3, 0.4) is 0 Å². The summed E-state index contributed by atoms with van der Waals surface area (Å²) >= 11 is 1.78. The number of nitrogens with one attached hydrogen (secondary N) is 1. The van der Waals surface area contributed by atoms with E-state index in [9.17, 15) is 0 Å². The Morgan fingerprint density at radius 1 is 1.67 bits per heavy atom. The minimum atomic E-state index is 0.255. The number of nitrogens with two attached hydrogens (primary N) is 1. The molecule has 1 aliphatic rings. The van der Waals surface area contributed by atoms with Gasteiger partial charge in [-0.2, -0.15) is 0 Å². The van der Waals surface area contributed by atoms with Gasteiger partial charge in [-0.25, -0.2) is 0 Å². The molecule has 1 aliphatic heterocycles. The van der Waals surface area contributed by atoms with Crippen molar-refractivity contribution in [3.8, 4) is 0 Å². The number of hydrazine groups is 1. The fourth-order valence-electron chi connectivity index (χ4n) is 2.16. The van der Waals surface area contributed by atoms with Gasteiger partial charge < -0.3 is 4.74 Å². The van der Waals surface area contributed by atoms with Gasteiger partial charge in [-0.1, -0.05) is 0 Å². The number of hydrogen-bond acceptors (Lipinski definition) is 4. The maximum atomic E-state index is 5.66. The molecule has 2 unspecified atom stereocenters. The van der Waals surface area contributed by atoms with Crippen molar-refractivity contribution in [2.45, 2.75) is 25.8 Å². The van der Waals surface area contributed by atoms with Crippen LogP contribution >= 0.6 is 11.3 Å². The van der Waals surface area contributed by atoms with Gasteiger partial charge in [-0.3, -0.25) is 11.3 Å². The number of ether oxygens (including phenoxy) is 1. The van der Waals surface area contributed by atoms with Crippen LogP contribution in [0.5, 0.6) is 0 Å². The van der Waals surface area contributed by atoms with Gasteiger partial charge >= 0.3 is 0 Å². The largest absolute Gasteiger partial charge is 0.381 e. The van der Waals surface area contributed by atoms with Crippen LogP contribution in [-0.4, -0.2) is 13.2 Å². The molecule has 0 amide bonds. The van der Waals surface area contributed by atoms with Crippen molar-refractivity contribution in [1.29, 1.82) is 0 Å². The summed E-state index contributed by atoms with van der Waals surface area (Å²) in [5.74, 6) is 6.18. The van der Waals surface area contributed by atoms with Crippen LogP contribution in [0.4, 0.5) is 0 Å². The summed E-state index contributed by atoms with van der Waals surface area (Å²) in [6.07, 6.45) is 2.35. The standard InChI is InChI=1S/C11H18N2OS/c1-8-4-6-15-11(8)10(13-12)9-3-2-5-14-7-9/h4,6,9-10,13H,2-3,5,7,12H2,1H3. The van der Waals surface area contributed by atoms with Crippen molar-refractivity contribution in [2.24, 2.45) is 11.8 Å². The van der Waals surface area contributed by atoms with Gasteiger partial charge in [0, 0.05) is 17.4 Å². The van der Waals surface area contributed by atoms with Crippen molar-refractivity contribution >= 4 is 11.3 Å². The third-order valence-corrected chi connectivity index (χ3v) is 4.13. The molecule has 15 heavy (non-hydrogen) atoms. The summed E-state index contributed by atoms with van der Waals surface area (Å²) in [4.78, 5) is 1.35. The second-order valence-corrected chi connectivity index (χ2v) is 5.04. The molecule has 0 aliphatic carbocycles. The Bertz CT molecular complexity index is 307. The molecular formula is C11H18N2OS. The quantitative estimate of drug-likeness (QED) is 0.612. The molecule has 0 saturated carbocycles. The molecule has 1 aromatic rings. The highest BCUT2D eigenvalue weighted by molar-refractivity contribution is 7.10. The van der Waals surface area contributed by atoms with Gasteiger partial charge in [0.1, 0.15) is 0 Å². The summed E-state index contributed by atoms with van der Waals surface area (Å²) in [7, 11) is 0. The van der Waals surface area contributed by atoms with E-state index in [4.69, 9.17) is 10.6 Å². The third-order valence-electron chi connectivity index (χ3n) is 3.03. The van der Waals surface area contributed by atoms with Crippen LogP contribution in [-0.2, 0) is 4.74 Å². The zero-order valence-electron chi connectivity index (χ0n) is 9.03. The summed E-state index contributed by atoms with van der Waals surface area (Å²) in [6.45, 7) is 3.86. The Hall–Kier alpha value is -0.420. The van der Waals surface area contributed by atoms with Crippen LogP contribution in [0.1, 0.15) is 29.3 Å². The van der Waals surface area contributed by atoms with E-state index in [0.29, 0.717) is 5.92 Å².